The number of sulfonamides is 1. The van der Waals surface area contributed by atoms with E-state index in [-0.39, 0.29) is 27.1 Å². The molecule has 3 atom stereocenters. The van der Waals surface area contributed by atoms with Gasteiger partial charge < -0.3 is 0 Å². The van der Waals surface area contributed by atoms with Gasteiger partial charge in [0.15, 0.2) is 0 Å². The molecule has 0 radical (unpaired) electrons. The average Bonchev–Trinajstić information content (AvgIpc) is 2.87. The van der Waals surface area contributed by atoms with Crippen molar-refractivity contribution in [1.82, 2.24) is 14.7 Å². The highest BCUT2D eigenvalue weighted by Gasteiger charge is 2.60. The predicted molar refractivity (Wildman–Crippen MR) is 80.4 cm³/mol. The SMILES string of the molecule is CC12CCC(C1)C(C)(C)C2NS(=O)(=O)c1cnc(Cl)nc1. The number of nitrogens with zero attached hydrogens (tertiary/aromatic N) is 2. The fourth-order valence-electron chi connectivity index (χ4n) is 4.26. The van der Waals surface area contributed by atoms with Gasteiger partial charge in [-0.05, 0) is 47.6 Å². The van der Waals surface area contributed by atoms with Gasteiger partial charge in [-0.25, -0.2) is 23.1 Å². The van der Waals surface area contributed by atoms with E-state index in [4.69, 9.17) is 11.6 Å². The summed E-state index contributed by atoms with van der Waals surface area (Å²) in [5.41, 5.74) is 0.00186. The summed E-state index contributed by atoms with van der Waals surface area (Å²) in [4.78, 5) is 7.58. The first-order valence-corrected chi connectivity index (χ1v) is 9.01. The van der Waals surface area contributed by atoms with Crippen molar-refractivity contribution < 1.29 is 8.42 Å². The van der Waals surface area contributed by atoms with Crippen molar-refractivity contribution in [1.29, 1.82) is 0 Å². The van der Waals surface area contributed by atoms with Crippen LogP contribution in [-0.2, 0) is 10.0 Å². The average molecular weight is 330 g/mol. The molecule has 7 heteroatoms. The first-order chi connectivity index (χ1) is 9.65. The van der Waals surface area contributed by atoms with E-state index in [0.29, 0.717) is 5.92 Å². The van der Waals surface area contributed by atoms with Crippen molar-refractivity contribution in [3.8, 4) is 0 Å². The first-order valence-electron chi connectivity index (χ1n) is 7.15. The van der Waals surface area contributed by atoms with E-state index in [1.807, 2.05) is 0 Å². The van der Waals surface area contributed by atoms with Crippen molar-refractivity contribution in [3.63, 3.8) is 0 Å². The molecule has 1 heterocycles. The number of halogens is 1. The third-order valence-electron chi connectivity index (χ3n) is 5.45. The Bertz CT molecular complexity index is 655. The minimum Gasteiger partial charge on any atom is -0.225 e. The number of aromatic nitrogens is 2. The lowest BCUT2D eigenvalue weighted by atomic mass is 9.69. The molecule has 0 aromatic carbocycles. The summed E-state index contributed by atoms with van der Waals surface area (Å²) in [7, 11) is -3.63. The molecule has 3 rings (SSSR count). The van der Waals surface area contributed by atoms with Crippen molar-refractivity contribution >= 4 is 21.6 Å². The van der Waals surface area contributed by atoms with Crippen LogP contribution in [0, 0.1) is 16.7 Å². The molecule has 3 unspecified atom stereocenters. The highest BCUT2D eigenvalue weighted by atomic mass is 35.5. The lowest BCUT2D eigenvalue weighted by Crippen LogP contribution is -2.52. The zero-order chi connectivity index (χ0) is 15.5. The van der Waals surface area contributed by atoms with Gasteiger partial charge in [0, 0.05) is 6.04 Å². The summed E-state index contributed by atoms with van der Waals surface area (Å²) in [6, 6.07) is -0.0653. The van der Waals surface area contributed by atoms with E-state index in [1.165, 1.54) is 18.8 Å². The van der Waals surface area contributed by atoms with E-state index in [0.717, 1.165) is 12.8 Å². The molecule has 1 aromatic heterocycles. The van der Waals surface area contributed by atoms with Crippen LogP contribution >= 0.6 is 11.6 Å². The highest BCUT2D eigenvalue weighted by Crippen LogP contribution is 2.62. The minimum atomic E-state index is -3.63. The number of hydrogen-bond acceptors (Lipinski definition) is 4. The summed E-state index contributed by atoms with van der Waals surface area (Å²) in [5.74, 6) is 0.580. The summed E-state index contributed by atoms with van der Waals surface area (Å²) in [6.07, 6.45) is 5.85. The number of hydrogen-bond donors (Lipinski definition) is 1. The number of fused-ring (bicyclic) bond motifs is 2. The monoisotopic (exact) mass is 329 g/mol. The molecule has 0 aliphatic heterocycles. The lowest BCUT2D eigenvalue weighted by Gasteiger charge is -2.42. The van der Waals surface area contributed by atoms with Crippen LogP contribution in [0.2, 0.25) is 5.28 Å². The van der Waals surface area contributed by atoms with E-state index in [1.54, 1.807) is 0 Å². The highest BCUT2D eigenvalue weighted by molar-refractivity contribution is 7.89. The van der Waals surface area contributed by atoms with Gasteiger partial charge in [-0.3, -0.25) is 0 Å². The Kier molecular flexibility index (Phi) is 3.35. The Hall–Kier alpha value is -0.720. The van der Waals surface area contributed by atoms with Crippen molar-refractivity contribution in [2.75, 3.05) is 0 Å². The van der Waals surface area contributed by atoms with E-state index >= 15 is 0 Å². The van der Waals surface area contributed by atoms with Crippen molar-refractivity contribution in [2.24, 2.45) is 16.7 Å². The van der Waals surface area contributed by atoms with Crippen LogP contribution < -0.4 is 4.72 Å². The van der Waals surface area contributed by atoms with Gasteiger partial charge in [0.05, 0.1) is 12.4 Å². The molecule has 0 amide bonds. The fraction of sp³-hybridized carbons (Fsp3) is 0.714. The summed E-state index contributed by atoms with van der Waals surface area (Å²) in [5, 5.41) is 0.0427. The van der Waals surface area contributed by atoms with Gasteiger partial charge in [0.2, 0.25) is 15.3 Å². The van der Waals surface area contributed by atoms with Crippen LogP contribution in [0.25, 0.3) is 0 Å². The quantitative estimate of drug-likeness (QED) is 0.865. The van der Waals surface area contributed by atoms with Crippen LogP contribution in [0.15, 0.2) is 17.3 Å². The molecule has 116 valence electrons. The molecule has 21 heavy (non-hydrogen) atoms. The first kappa shape index (κ1) is 15.2. The van der Waals surface area contributed by atoms with Gasteiger partial charge in [0.1, 0.15) is 4.90 Å². The molecule has 0 saturated heterocycles. The van der Waals surface area contributed by atoms with Crippen LogP contribution in [0.5, 0.6) is 0 Å². The van der Waals surface area contributed by atoms with Crippen LogP contribution in [-0.4, -0.2) is 24.4 Å². The molecule has 2 saturated carbocycles. The van der Waals surface area contributed by atoms with Crippen LogP contribution in [0.3, 0.4) is 0 Å². The molecule has 0 spiro atoms. The second-order valence-corrected chi connectivity index (χ2v) is 9.21. The lowest BCUT2D eigenvalue weighted by molar-refractivity contribution is 0.127. The molecule has 1 N–H and O–H groups in total. The van der Waals surface area contributed by atoms with Crippen LogP contribution in [0.1, 0.15) is 40.0 Å². The van der Waals surface area contributed by atoms with Crippen LogP contribution in [0.4, 0.5) is 0 Å². The molecule has 2 aliphatic rings. The van der Waals surface area contributed by atoms with Gasteiger partial charge in [-0.15, -0.1) is 0 Å². The van der Waals surface area contributed by atoms with Gasteiger partial charge >= 0.3 is 0 Å². The zero-order valence-corrected chi connectivity index (χ0v) is 14.0. The Morgan fingerprint density at radius 3 is 2.43 bits per heavy atom. The molecule has 1 aromatic rings. The Morgan fingerprint density at radius 2 is 1.90 bits per heavy atom. The Balaban J connectivity index is 1.91. The normalized spacial score (nSPS) is 34.3. The zero-order valence-electron chi connectivity index (χ0n) is 12.4. The van der Waals surface area contributed by atoms with E-state index < -0.39 is 10.0 Å². The smallest absolute Gasteiger partial charge is 0.225 e. The van der Waals surface area contributed by atoms with E-state index in [2.05, 4.69) is 35.5 Å². The Morgan fingerprint density at radius 1 is 1.29 bits per heavy atom. The standard InChI is InChI=1S/C14H20ClN3O2S/c1-13(2)9-4-5-14(3,6-9)11(13)18-21(19,20)10-7-16-12(15)17-8-10/h7-9,11,18H,4-6H2,1-3H3. The second-order valence-electron chi connectivity index (χ2n) is 7.16. The topological polar surface area (TPSA) is 72.0 Å². The third-order valence-corrected chi connectivity index (χ3v) is 7.02. The van der Waals surface area contributed by atoms with Gasteiger partial charge in [0.25, 0.3) is 0 Å². The number of rotatable bonds is 3. The van der Waals surface area contributed by atoms with Gasteiger partial charge in [-0.1, -0.05) is 20.8 Å². The number of nitrogens with one attached hydrogen (secondary N) is 1. The second kappa shape index (κ2) is 4.64. The molecule has 2 bridgehead atoms. The fourth-order valence-corrected chi connectivity index (χ4v) is 5.77. The van der Waals surface area contributed by atoms with E-state index in [9.17, 15) is 8.42 Å². The summed E-state index contributed by atoms with van der Waals surface area (Å²) in [6.45, 7) is 6.51. The van der Waals surface area contributed by atoms with Gasteiger partial charge in [-0.2, -0.15) is 0 Å². The maximum atomic E-state index is 12.6. The molecular weight excluding hydrogens is 310 g/mol. The maximum Gasteiger partial charge on any atom is 0.243 e. The maximum absolute atomic E-state index is 12.6. The Labute approximate surface area is 130 Å². The molecular formula is C14H20ClN3O2S. The molecule has 5 nitrogen and oxygen atoms in total. The van der Waals surface area contributed by atoms with Crippen molar-refractivity contribution in [3.05, 3.63) is 17.7 Å². The van der Waals surface area contributed by atoms with Crippen molar-refractivity contribution in [2.45, 2.75) is 51.0 Å². The predicted octanol–water partition coefficient (Wildman–Crippen LogP) is 2.62. The molecule has 2 fully saturated rings. The largest absolute Gasteiger partial charge is 0.243 e. The summed E-state index contributed by atoms with van der Waals surface area (Å²) >= 11 is 5.61. The third kappa shape index (κ3) is 2.37. The minimum absolute atomic E-state index is 0.0344. The summed E-state index contributed by atoms with van der Waals surface area (Å²) < 4.78 is 28.0. The molecule has 2 aliphatic carbocycles.